The number of rotatable bonds is 3. The maximum atomic E-state index is 11.0. The van der Waals surface area contributed by atoms with Gasteiger partial charge in [-0.05, 0) is 56.4 Å². The Labute approximate surface area is 149 Å². The van der Waals surface area contributed by atoms with Crippen LogP contribution in [0, 0.1) is 0 Å². The van der Waals surface area contributed by atoms with Crippen molar-refractivity contribution in [2.75, 3.05) is 0 Å². The van der Waals surface area contributed by atoms with Gasteiger partial charge in [-0.1, -0.05) is 36.4 Å². The molecule has 1 aliphatic rings. The third-order valence-corrected chi connectivity index (χ3v) is 4.89. The first kappa shape index (κ1) is 17.7. The molecule has 0 bridgehead atoms. The van der Waals surface area contributed by atoms with Crippen molar-refractivity contribution in [3.8, 4) is 16.9 Å². The van der Waals surface area contributed by atoms with Gasteiger partial charge < -0.3 is 14.0 Å². The topological polar surface area (TPSA) is 44.8 Å². The predicted molar refractivity (Wildman–Crippen MR) is 98.9 cm³/mol. The van der Waals surface area contributed by atoms with Crippen LogP contribution < -0.4 is 10.2 Å². The Hall–Kier alpha value is -2.11. The molecule has 0 aromatic heterocycles. The molecule has 1 aliphatic heterocycles. The van der Waals surface area contributed by atoms with Crippen LogP contribution >= 0.6 is 0 Å². The summed E-state index contributed by atoms with van der Waals surface area (Å²) in [5, 5.41) is 0. The summed E-state index contributed by atoms with van der Waals surface area (Å²) < 4.78 is 17.2. The van der Waals surface area contributed by atoms with Crippen molar-refractivity contribution in [3.05, 3.63) is 48.5 Å². The fourth-order valence-electron chi connectivity index (χ4n) is 2.69. The van der Waals surface area contributed by atoms with Crippen LogP contribution in [0.4, 0.5) is 0 Å². The SMILES string of the molecule is CC(=O)Oc1ccc(-c2ccc(B3OC(C)(C)C(C)(C)O3)cc2)cc1. The summed E-state index contributed by atoms with van der Waals surface area (Å²) >= 11 is 0. The van der Waals surface area contributed by atoms with Crippen molar-refractivity contribution in [3.63, 3.8) is 0 Å². The second-order valence-electron chi connectivity index (χ2n) is 7.33. The summed E-state index contributed by atoms with van der Waals surface area (Å²) in [7, 11) is -0.356. The fourth-order valence-corrected chi connectivity index (χ4v) is 2.69. The van der Waals surface area contributed by atoms with Crippen molar-refractivity contribution >= 4 is 18.6 Å². The van der Waals surface area contributed by atoms with Gasteiger partial charge >= 0.3 is 13.1 Å². The van der Waals surface area contributed by atoms with E-state index in [-0.39, 0.29) is 24.3 Å². The van der Waals surface area contributed by atoms with Crippen molar-refractivity contribution in [1.82, 2.24) is 0 Å². The Kier molecular flexibility index (Phi) is 4.48. The molecular weight excluding hydrogens is 315 g/mol. The second-order valence-corrected chi connectivity index (χ2v) is 7.33. The fraction of sp³-hybridized carbons (Fsp3) is 0.350. The van der Waals surface area contributed by atoms with Crippen LogP contribution in [0.1, 0.15) is 34.6 Å². The van der Waals surface area contributed by atoms with Gasteiger partial charge in [-0.2, -0.15) is 0 Å². The second kappa shape index (κ2) is 6.32. The summed E-state index contributed by atoms with van der Waals surface area (Å²) in [6.07, 6.45) is 0. The standard InChI is InChI=1S/C20H23BO4/c1-14(22)23-18-12-8-16(9-13-18)15-6-10-17(11-7-15)21-24-19(2,3)20(4,5)25-21/h6-13H,1-5H3. The minimum atomic E-state index is -0.356. The largest absolute Gasteiger partial charge is 0.494 e. The van der Waals surface area contributed by atoms with E-state index in [1.54, 1.807) is 12.1 Å². The average molecular weight is 338 g/mol. The third-order valence-electron chi connectivity index (χ3n) is 4.89. The van der Waals surface area contributed by atoms with Gasteiger partial charge in [0.2, 0.25) is 0 Å². The van der Waals surface area contributed by atoms with Gasteiger partial charge in [-0.15, -0.1) is 0 Å². The maximum absolute atomic E-state index is 11.0. The first-order chi connectivity index (χ1) is 11.7. The van der Waals surface area contributed by atoms with Gasteiger partial charge in [0.25, 0.3) is 0 Å². The highest BCUT2D eigenvalue weighted by molar-refractivity contribution is 6.62. The molecule has 2 aromatic carbocycles. The minimum absolute atomic E-state index is 0.320. The van der Waals surface area contributed by atoms with E-state index in [1.165, 1.54) is 6.92 Å². The molecule has 25 heavy (non-hydrogen) atoms. The van der Waals surface area contributed by atoms with Crippen LogP contribution in [-0.2, 0) is 14.1 Å². The molecule has 4 nitrogen and oxygen atoms in total. The highest BCUT2D eigenvalue weighted by Gasteiger charge is 2.51. The molecule has 0 spiro atoms. The van der Waals surface area contributed by atoms with Gasteiger partial charge in [0.15, 0.2) is 0 Å². The summed E-state index contributed by atoms with van der Waals surface area (Å²) in [6, 6.07) is 15.6. The predicted octanol–water partition coefficient (Wildman–Crippen LogP) is 3.58. The van der Waals surface area contributed by atoms with Crippen LogP contribution in [0.5, 0.6) is 5.75 Å². The molecule has 0 radical (unpaired) electrons. The van der Waals surface area contributed by atoms with Crippen LogP contribution in [0.15, 0.2) is 48.5 Å². The van der Waals surface area contributed by atoms with E-state index >= 15 is 0 Å². The zero-order chi connectivity index (χ0) is 18.2. The van der Waals surface area contributed by atoms with Gasteiger partial charge in [-0.25, -0.2) is 0 Å². The lowest BCUT2D eigenvalue weighted by atomic mass is 9.78. The molecule has 2 aromatic rings. The lowest BCUT2D eigenvalue weighted by Crippen LogP contribution is -2.41. The maximum Gasteiger partial charge on any atom is 0.494 e. The number of hydrogen-bond acceptors (Lipinski definition) is 4. The molecule has 5 heteroatoms. The first-order valence-corrected chi connectivity index (χ1v) is 8.42. The van der Waals surface area contributed by atoms with E-state index in [4.69, 9.17) is 14.0 Å². The smallest absolute Gasteiger partial charge is 0.427 e. The molecule has 0 unspecified atom stereocenters. The molecule has 0 N–H and O–H groups in total. The Balaban J connectivity index is 1.76. The van der Waals surface area contributed by atoms with E-state index in [0.29, 0.717) is 5.75 Å². The number of ether oxygens (including phenoxy) is 1. The molecule has 0 atom stereocenters. The Bertz CT molecular complexity index is 747. The molecule has 0 amide bonds. The molecule has 0 aliphatic carbocycles. The molecular formula is C20H23BO4. The number of benzene rings is 2. The number of carbonyl (C=O) groups is 1. The molecule has 3 rings (SSSR count). The zero-order valence-corrected chi connectivity index (χ0v) is 15.3. The summed E-state index contributed by atoms with van der Waals surface area (Å²) in [5.74, 6) is 0.226. The summed E-state index contributed by atoms with van der Waals surface area (Å²) in [4.78, 5) is 11.0. The van der Waals surface area contributed by atoms with Crippen LogP contribution in [-0.4, -0.2) is 24.3 Å². The average Bonchev–Trinajstić information content (AvgIpc) is 2.76. The molecule has 130 valence electrons. The Morgan fingerprint density at radius 1 is 0.840 bits per heavy atom. The number of carbonyl (C=O) groups excluding carboxylic acids is 1. The van der Waals surface area contributed by atoms with Crippen molar-refractivity contribution in [2.45, 2.75) is 45.8 Å². The van der Waals surface area contributed by atoms with E-state index in [0.717, 1.165) is 16.6 Å². The molecule has 1 heterocycles. The number of esters is 1. The summed E-state index contributed by atoms with van der Waals surface area (Å²) in [5.41, 5.74) is 2.44. The van der Waals surface area contributed by atoms with Crippen LogP contribution in [0.3, 0.4) is 0 Å². The van der Waals surface area contributed by atoms with E-state index in [9.17, 15) is 4.79 Å². The quantitative estimate of drug-likeness (QED) is 0.488. The van der Waals surface area contributed by atoms with Crippen molar-refractivity contribution in [1.29, 1.82) is 0 Å². The monoisotopic (exact) mass is 338 g/mol. The van der Waals surface area contributed by atoms with Gasteiger partial charge in [0.05, 0.1) is 11.2 Å². The van der Waals surface area contributed by atoms with E-state index < -0.39 is 0 Å². The van der Waals surface area contributed by atoms with Gasteiger partial charge in [0, 0.05) is 6.92 Å². The normalized spacial score (nSPS) is 18.2. The van der Waals surface area contributed by atoms with Crippen LogP contribution in [0.2, 0.25) is 0 Å². The van der Waals surface area contributed by atoms with Crippen molar-refractivity contribution < 1.29 is 18.8 Å². The highest BCUT2D eigenvalue weighted by Crippen LogP contribution is 2.36. The lowest BCUT2D eigenvalue weighted by Gasteiger charge is -2.32. The lowest BCUT2D eigenvalue weighted by molar-refractivity contribution is -0.131. The zero-order valence-electron chi connectivity index (χ0n) is 15.3. The van der Waals surface area contributed by atoms with Gasteiger partial charge in [-0.3, -0.25) is 4.79 Å². The van der Waals surface area contributed by atoms with E-state index in [1.807, 2.05) is 64.1 Å². The van der Waals surface area contributed by atoms with Crippen LogP contribution in [0.25, 0.3) is 11.1 Å². The third kappa shape index (κ3) is 3.62. The minimum Gasteiger partial charge on any atom is -0.427 e. The van der Waals surface area contributed by atoms with E-state index in [2.05, 4.69) is 0 Å². The number of hydrogen-bond donors (Lipinski definition) is 0. The highest BCUT2D eigenvalue weighted by atomic mass is 16.7. The first-order valence-electron chi connectivity index (χ1n) is 8.42. The Morgan fingerprint density at radius 3 is 1.72 bits per heavy atom. The molecule has 1 fully saturated rings. The Morgan fingerprint density at radius 2 is 1.28 bits per heavy atom. The molecule has 1 saturated heterocycles. The summed E-state index contributed by atoms with van der Waals surface area (Å²) in [6.45, 7) is 9.58. The van der Waals surface area contributed by atoms with Gasteiger partial charge in [0.1, 0.15) is 5.75 Å². The molecule has 0 saturated carbocycles. The van der Waals surface area contributed by atoms with Crippen molar-refractivity contribution in [2.24, 2.45) is 0 Å².